The van der Waals surface area contributed by atoms with Crippen molar-refractivity contribution in [3.63, 3.8) is 0 Å². The zero-order valence-corrected chi connectivity index (χ0v) is 18.7. The Balaban J connectivity index is 2.37. The first kappa shape index (κ1) is 24.1. The van der Waals surface area contributed by atoms with Crippen molar-refractivity contribution in [2.24, 2.45) is 9.50 Å². The summed E-state index contributed by atoms with van der Waals surface area (Å²) in [5, 5.41) is 18.5. The van der Waals surface area contributed by atoms with Gasteiger partial charge in [-0.3, -0.25) is 0 Å². The third-order valence-electron chi connectivity index (χ3n) is 3.93. The Kier molecular flexibility index (Phi) is 7.17. The molecular formula is C18H24F2N4O4S2. The van der Waals surface area contributed by atoms with Crippen LogP contribution in [0, 0.1) is 6.92 Å². The first-order valence-electron chi connectivity index (χ1n) is 8.84. The molecule has 0 radical (unpaired) electrons. The molecule has 1 heterocycles. The van der Waals surface area contributed by atoms with Crippen LogP contribution in [0.2, 0.25) is 0 Å². The third kappa shape index (κ3) is 5.94. The molecule has 0 unspecified atom stereocenters. The van der Waals surface area contributed by atoms with E-state index in [-0.39, 0.29) is 20.9 Å². The number of amides is 2. The van der Waals surface area contributed by atoms with Gasteiger partial charge < -0.3 is 15.2 Å². The number of rotatable bonds is 6. The number of benzene rings is 1. The molecule has 1 atom stereocenters. The number of nitrogens with two attached hydrogens (primary N) is 1. The molecule has 1 aromatic heterocycles. The van der Waals surface area contributed by atoms with Crippen LogP contribution in [0.25, 0.3) is 0 Å². The van der Waals surface area contributed by atoms with E-state index in [1.54, 1.807) is 6.92 Å². The van der Waals surface area contributed by atoms with Crippen LogP contribution >= 0.6 is 11.3 Å². The summed E-state index contributed by atoms with van der Waals surface area (Å²) in [5.74, 6) is -0.175. The van der Waals surface area contributed by atoms with Crippen LogP contribution in [0.5, 0.6) is 5.75 Å². The standard InChI is InChI=1S/C18H24F2N4O4S2/c1-9(2)12-7-11(28-16(19)20)6-10(3)14(12)23-17(25)24-30(21,27)13-8-22-15(29-13)18(4,5)26/h6-9,16,26H,1-5H3,(H3,21,23,24,25,27)/t30-/m1/s1. The van der Waals surface area contributed by atoms with E-state index in [9.17, 15) is 22.9 Å². The summed E-state index contributed by atoms with van der Waals surface area (Å²) in [6, 6.07) is 1.79. The SMILES string of the molecule is Cc1cc(OC(F)F)cc(C(C)C)c1NC(=O)N=[S@@](N)(=O)c1cnc(C(C)(C)O)s1. The topological polar surface area (TPSA) is 127 Å². The van der Waals surface area contributed by atoms with Crippen molar-refractivity contribution in [3.8, 4) is 5.75 Å². The fourth-order valence-electron chi connectivity index (χ4n) is 2.55. The fraction of sp³-hybridized carbons (Fsp3) is 0.444. The maximum Gasteiger partial charge on any atom is 0.387 e. The smallest absolute Gasteiger partial charge is 0.387 e. The third-order valence-corrected chi connectivity index (χ3v) is 7.12. The van der Waals surface area contributed by atoms with Crippen LogP contribution in [0.3, 0.4) is 0 Å². The minimum absolute atomic E-state index is 0.0347. The monoisotopic (exact) mass is 462 g/mol. The maximum absolute atomic E-state index is 12.7. The maximum atomic E-state index is 12.7. The Morgan fingerprint density at radius 1 is 1.40 bits per heavy atom. The summed E-state index contributed by atoms with van der Waals surface area (Å²) in [6.45, 7) is 5.28. The molecule has 0 aliphatic heterocycles. The number of urea groups is 1. The average Bonchev–Trinajstić information content (AvgIpc) is 3.07. The van der Waals surface area contributed by atoms with Crippen LogP contribution in [-0.4, -0.2) is 26.9 Å². The van der Waals surface area contributed by atoms with E-state index in [1.165, 1.54) is 32.2 Å². The average molecular weight is 463 g/mol. The zero-order valence-electron chi connectivity index (χ0n) is 17.1. The van der Waals surface area contributed by atoms with Gasteiger partial charge in [-0.05, 0) is 49.9 Å². The molecule has 0 bridgehead atoms. The van der Waals surface area contributed by atoms with Crippen LogP contribution in [0.4, 0.5) is 19.3 Å². The number of aliphatic hydroxyl groups is 1. The van der Waals surface area contributed by atoms with Crippen LogP contribution in [-0.2, 0) is 15.5 Å². The van der Waals surface area contributed by atoms with Gasteiger partial charge in [-0.2, -0.15) is 8.78 Å². The second kappa shape index (κ2) is 8.92. The van der Waals surface area contributed by atoms with Gasteiger partial charge in [0.2, 0.25) is 0 Å². The normalized spacial score (nSPS) is 14.0. The number of carbonyl (C=O) groups is 1. The molecule has 1 aromatic carbocycles. The molecule has 4 N–H and O–H groups in total. The highest BCUT2D eigenvalue weighted by atomic mass is 32.2. The molecule has 0 aliphatic carbocycles. The van der Waals surface area contributed by atoms with Crippen molar-refractivity contribution >= 4 is 33.0 Å². The lowest BCUT2D eigenvalue weighted by atomic mass is 9.97. The molecule has 0 saturated carbocycles. The van der Waals surface area contributed by atoms with Gasteiger partial charge in [0.1, 0.15) is 20.6 Å². The first-order valence-corrected chi connectivity index (χ1v) is 11.2. The van der Waals surface area contributed by atoms with Gasteiger partial charge in [-0.15, -0.1) is 15.7 Å². The highest BCUT2D eigenvalue weighted by molar-refractivity contribution is 7.93. The van der Waals surface area contributed by atoms with E-state index in [0.717, 1.165) is 11.3 Å². The van der Waals surface area contributed by atoms with Gasteiger partial charge in [0.15, 0.2) is 9.92 Å². The van der Waals surface area contributed by atoms with Crippen LogP contribution in [0.1, 0.15) is 49.7 Å². The molecule has 166 valence electrons. The van der Waals surface area contributed by atoms with Crippen LogP contribution in [0.15, 0.2) is 26.9 Å². The molecule has 0 saturated heterocycles. The van der Waals surface area contributed by atoms with Crippen molar-refractivity contribution in [1.82, 2.24) is 4.98 Å². The summed E-state index contributed by atoms with van der Waals surface area (Å²) >= 11 is 0.891. The van der Waals surface area contributed by atoms with E-state index in [1.807, 2.05) is 13.8 Å². The van der Waals surface area contributed by atoms with Gasteiger partial charge in [-0.25, -0.2) is 19.1 Å². The van der Waals surface area contributed by atoms with Crippen LogP contribution < -0.4 is 15.2 Å². The second-order valence-corrected chi connectivity index (χ2v) is 10.4. The lowest BCUT2D eigenvalue weighted by Gasteiger charge is -2.18. The number of ether oxygens (including phenoxy) is 1. The predicted octanol–water partition coefficient (Wildman–Crippen LogP) is 4.34. The van der Waals surface area contributed by atoms with Crippen molar-refractivity contribution in [3.05, 3.63) is 34.5 Å². The number of halogens is 2. The summed E-state index contributed by atoms with van der Waals surface area (Å²) in [4.78, 5) is 16.4. The summed E-state index contributed by atoms with van der Waals surface area (Å²) < 4.78 is 45.9. The highest BCUT2D eigenvalue weighted by Crippen LogP contribution is 2.33. The molecular weight excluding hydrogens is 438 g/mol. The number of carbonyl (C=O) groups excluding carboxylic acids is 1. The van der Waals surface area contributed by atoms with E-state index < -0.39 is 28.2 Å². The van der Waals surface area contributed by atoms with Crippen molar-refractivity contribution in [2.45, 2.75) is 57.0 Å². The van der Waals surface area contributed by atoms with Gasteiger partial charge in [-0.1, -0.05) is 13.8 Å². The van der Waals surface area contributed by atoms with Crippen molar-refractivity contribution in [2.75, 3.05) is 5.32 Å². The first-order chi connectivity index (χ1) is 13.7. The van der Waals surface area contributed by atoms with Crippen molar-refractivity contribution < 1.29 is 27.6 Å². The molecule has 2 rings (SSSR count). The molecule has 30 heavy (non-hydrogen) atoms. The molecule has 0 fully saturated rings. The fourth-order valence-corrected chi connectivity index (χ4v) is 4.62. The minimum atomic E-state index is -3.61. The largest absolute Gasteiger partial charge is 0.435 e. The Morgan fingerprint density at radius 3 is 2.53 bits per heavy atom. The molecule has 2 aromatic rings. The number of nitrogens with zero attached hydrogens (tertiary/aromatic N) is 2. The van der Waals surface area contributed by atoms with Gasteiger partial charge in [0, 0.05) is 5.69 Å². The van der Waals surface area contributed by atoms with E-state index in [0.29, 0.717) is 16.8 Å². The number of aromatic nitrogens is 1. The summed E-state index contributed by atoms with van der Waals surface area (Å²) in [5.41, 5.74) is 0.0920. The molecule has 0 aliphatic rings. The van der Waals surface area contributed by atoms with E-state index in [4.69, 9.17) is 5.14 Å². The van der Waals surface area contributed by atoms with Gasteiger partial charge in [0.25, 0.3) is 0 Å². The predicted molar refractivity (Wildman–Crippen MR) is 111 cm³/mol. The number of nitrogens with one attached hydrogen (secondary N) is 1. The lowest BCUT2D eigenvalue weighted by Crippen LogP contribution is -2.18. The number of thiazole rings is 1. The molecule has 0 spiro atoms. The highest BCUT2D eigenvalue weighted by Gasteiger charge is 2.24. The van der Waals surface area contributed by atoms with Gasteiger partial charge in [0.05, 0.1) is 6.20 Å². The number of alkyl halides is 2. The Hall–Kier alpha value is -2.15. The second-order valence-electron chi connectivity index (χ2n) is 7.37. The summed E-state index contributed by atoms with van der Waals surface area (Å²) in [7, 11) is -3.61. The van der Waals surface area contributed by atoms with Crippen molar-refractivity contribution in [1.29, 1.82) is 0 Å². The van der Waals surface area contributed by atoms with E-state index in [2.05, 4.69) is 19.4 Å². The zero-order chi connectivity index (χ0) is 22.9. The van der Waals surface area contributed by atoms with Gasteiger partial charge >= 0.3 is 12.6 Å². The number of hydrogen-bond acceptors (Lipinski definition) is 6. The molecule has 2 amide bonds. The quantitative estimate of drug-likeness (QED) is 0.589. The minimum Gasteiger partial charge on any atom is -0.435 e. The number of hydrogen-bond donors (Lipinski definition) is 3. The Morgan fingerprint density at radius 2 is 2.03 bits per heavy atom. The number of aryl methyl sites for hydroxylation is 1. The Labute approximate surface area is 177 Å². The molecule has 12 heteroatoms. The Bertz CT molecular complexity index is 1050. The molecule has 8 nitrogen and oxygen atoms in total. The van der Waals surface area contributed by atoms with E-state index >= 15 is 0 Å². The lowest BCUT2D eigenvalue weighted by molar-refractivity contribution is -0.0499. The summed E-state index contributed by atoms with van der Waals surface area (Å²) in [6.07, 6.45) is 1.21. The number of anilines is 1.